The molecule has 0 saturated heterocycles. The van der Waals surface area contributed by atoms with Crippen LogP contribution in [-0.4, -0.2) is 16.5 Å². The van der Waals surface area contributed by atoms with Crippen molar-refractivity contribution in [3.63, 3.8) is 0 Å². The fourth-order valence-electron chi connectivity index (χ4n) is 2.71. The van der Waals surface area contributed by atoms with Crippen molar-refractivity contribution in [2.45, 2.75) is 33.2 Å². The molecule has 1 aliphatic rings. The highest BCUT2D eigenvalue weighted by molar-refractivity contribution is 5.57. The molecule has 0 radical (unpaired) electrons. The van der Waals surface area contributed by atoms with Crippen molar-refractivity contribution >= 4 is 11.6 Å². The van der Waals surface area contributed by atoms with Gasteiger partial charge in [-0.1, -0.05) is 31.2 Å². The van der Waals surface area contributed by atoms with Gasteiger partial charge in [0.1, 0.15) is 17.5 Å². The second-order valence-electron chi connectivity index (χ2n) is 5.27. The van der Waals surface area contributed by atoms with E-state index in [0.29, 0.717) is 5.82 Å². The molecule has 2 heterocycles. The summed E-state index contributed by atoms with van der Waals surface area (Å²) in [6.07, 6.45) is 1.86. The van der Waals surface area contributed by atoms with Gasteiger partial charge < -0.3 is 10.6 Å². The molecule has 0 spiro atoms. The van der Waals surface area contributed by atoms with Crippen LogP contribution in [0.2, 0.25) is 0 Å². The van der Waals surface area contributed by atoms with E-state index >= 15 is 0 Å². The van der Waals surface area contributed by atoms with Crippen molar-refractivity contribution in [3.05, 3.63) is 46.8 Å². The Hall–Kier alpha value is -2.10. The predicted molar refractivity (Wildman–Crippen MR) is 81.8 cm³/mol. The largest absolute Gasteiger partial charge is 0.383 e. The third kappa shape index (κ3) is 2.22. The Morgan fingerprint density at radius 3 is 2.70 bits per heavy atom. The summed E-state index contributed by atoms with van der Waals surface area (Å²) in [5.74, 6) is 2.41. The second-order valence-corrected chi connectivity index (χ2v) is 5.27. The normalized spacial score (nSPS) is 14.2. The maximum atomic E-state index is 6.02. The van der Waals surface area contributed by atoms with Crippen molar-refractivity contribution in [2.24, 2.45) is 0 Å². The number of hydrogen-bond acceptors (Lipinski definition) is 4. The van der Waals surface area contributed by atoms with E-state index in [9.17, 15) is 0 Å². The SMILES string of the molecule is CCc1nc(N)c(C)c(N2CCc3ccccc3C2)n1. The molecule has 4 nitrogen and oxygen atoms in total. The zero-order chi connectivity index (χ0) is 14.1. The second kappa shape index (κ2) is 5.12. The summed E-state index contributed by atoms with van der Waals surface area (Å²) >= 11 is 0. The maximum absolute atomic E-state index is 6.02. The van der Waals surface area contributed by atoms with E-state index in [-0.39, 0.29) is 0 Å². The van der Waals surface area contributed by atoms with Crippen molar-refractivity contribution in [2.75, 3.05) is 17.2 Å². The minimum absolute atomic E-state index is 0.603. The van der Waals surface area contributed by atoms with E-state index in [4.69, 9.17) is 5.73 Å². The summed E-state index contributed by atoms with van der Waals surface area (Å²) in [4.78, 5) is 11.3. The average Bonchev–Trinajstić information content (AvgIpc) is 2.49. The third-order valence-corrected chi connectivity index (χ3v) is 3.95. The average molecular weight is 268 g/mol. The molecule has 0 bridgehead atoms. The van der Waals surface area contributed by atoms with Crippen LogP contribution in [0.4, 0.5) is 11.6 Å². The summed E-state index contributed by atoms with van der Waals surface area (Å²) in [7, 11) is 0. The number of anilines is 2. The van der Waals surface area contributed by atoms with Crippen LogP contribution in [0.25, 0.3) is 0 Å². The molecular formula is C16H20N4. The van der Waals surface area contributed by atoms with Gasteiger partial charge in [-0.25, -0.2) is 9.97 Å². The number of aryl methyl sites for hydroxylation is 1. The van der Waals surface area contributed by atoms with Crippen LogP contribution in [0, 0.1) is 6.92 Å². The number of hydrogen-bond donors (Lipinski definition) is 1. The fraction of sp³-hybridized carbons (Fsp3) is 0.375. The van der Waals surface area contributed by atoms with Crippen LogP contribution in [-0.2, 0) is 19.4 Å². The minimum Gasteiger partial charge on any atom is -0.383 e. The Bertz CT molecular complexity index is 636. The smallest absolute Gasteiger partial charge is 0.137 e. The molecule has 0 atom stereocenters. The first-order valence-corrected chi connectivity index (χ1v) is 7.13. The van der Waals surface area contributed by atoms with E-state index in [1.165, 1.54) is 11.1 Å². The standard InChI is InChI=1S/C16H20N4/c1-3-14-18-15(17)11(2)16(19-14)20-9-8-12-6-4-5-7-13(12)10-20/h4-7H,3,8-10H2,1-2H3,(H2,17,18,19). The molecule has 0 amide bonds. The van der Waals surface area contributed by atoms with E-state index in [1.54, 1.807) is 0 Å². The highest BCUT2D eigenvalue weighted by Crippen LogP contribution is 2.27. The van der Waals surface area contributed by atoms with Gasteiger partial charge in [0.25, 0.3) is 0 Å². The Balaban J connectivity index is 1.97. The molecule has 1 aromatic carbocycles. The fourth-order valence-corrected chi connectivity index (χ4v) is 2.71. The van der Waals surface area contributed by atoms with Crippen molar-refractivity contribution in [1.82, 2.24) is 9.97 Å². The number of nitrogen functional groups attached to an aromatic ring is 1. The summed E-state index contributed by atoms with van der Waals surface area (Å²) in [6.45, 7) is 5.94. The monoisotopic (exact) mass is 268 g/mol. The molecule has 3 rings (SSSR count). The van der Waals surface area contributed by atoms with Gasteiger partial charge in [-0.15, -0.1) is 0 Å². The molecule has 2 aromatic rings. The van der Waals surface area contributed by atoms with Gasteiger partial charge in [-0.05, 0) is 24.5 Å². The zero-order valence-corrected chi connectivity index (χ0v) is 12.1. The molecule has 104 valence electrons. The van der Waals surface area contributed by atoms with Crippen LogP contribution in [0.15, 0.2) is 24.3 Å². The van der Waals surface area contributed by atoms with E-state index < -0.39 is 0 Å². The van der Waals surface area contributed by atoms with Gasteiger partial charge in [0, 0.05) is 25.1 Å². The molecule has 4 heteroatoms. The number of rotatable bonds is 2. The number of aromatic nitrogens is 2. The maximum Gasteiger partial charge on any atom is 0.137 e. The van der Waals surface area contributed by atoms with E-state index in [0.717, 1.165) is 43.1 Å². The Morgan fingerprint density at radius 2 is 1.95 bits per heavy atom. The number of nitrogens with two attached hydrogens (primary N) is 1. The van der Waals surface area contributed by atoms with Crippen molar-refractivity contribution in [3.8, 4) is 0 Å². The van der Waals surface area contributed by atoms with Gasteiger partial charge in [-0.2, -0.15) is 0 Å². The van der Waals surface area contributed by atoms with Gasteiger partial charge in [0.2, 0.25) is 0 Å². The van der Waals surface area contributed by atoms with Crippen molar-refractivity contribution in [1.29, 1.82) is 0 Å². The lowest BCUT2D eigenvalue weighted by Crippen LogP contribution is -2.32. The van der Waals surface area contributed by atoms with Gasteiger partial charge in [0.05, 0.1) is 0 Å². The van der Waals surface area contributed by atoms with Crippen LogP contribution >= 0.6 is 0 Å². The molecule has 0 unspecified atom stereocenters. The first-order chi connectivity index (χ1) is 9.69. The highest BCUT2D eigenvalue weighted by Gasteiger charge is 2.20. The Labute approximate surface area is 119 Å². The number of benzene rings is 1. The number of nitrogens with zero attached hydrogens (tertiary/aromatic N) is 3. The van der Waals surface area contributed by atoms with Gasteiger partial charge in [-0.3, -0.25) is 0 Å². The Morgan fingerprint density at radius 1 is 1.20 bits per heavy atom. The summed E-state index contributed by atoms with van der Waals surface area (Å²) in [6, 6.07) is 8.62. The Kier molecular flexibility index (Phi) is 3.30. The third-order valence-electron chi connectivity index (χ3n) is 3.95. The highest BCUT2D eigenvalue weighted by atomic mass is 15.2. The van der Waals surface area contributed by atoms with Crippen LogP contribution in [0.1, 0.15) is 29.4 Å². The van der Waals surface area contributed by atoms with Gasteiger partial charge in [0.15, 0.2) is 0 Å². The molecule has 0 saturated carbocycles. The predicted octanol–water partition coefficient (Wildman–Crippen LogP) is 2.49. The van der Waals surface area contributed by atoms with E-state index in [2.05, 4.69) is 46.1 Å². The quantitative estimate of drug-likeness (QED) is 0.909. The van der Waals surface area contributed by atoms with Crippen LogP contribution in [0.3, 0.4) is 0 Å². The molecule has 2 N–H and O–H groups in total. The summed E-state index contributed by atoms with van der Waals surface area (Å²) in [5, 5.41) is 0. The molecule has 0 fully saturated rings. The zero-order valence-electron chi connectivity index (χ0n) is 12.1. The first-order valence-electron chi connectivity index (χ1n) is 7.13. The van der Waals surface area contributed by atoms with Crippen LogP contribution < -0.4 is 10.6 Å². The summed E-state index contributed by atoms with van der Waals surface area (Å²) in [5.41, 5.74) is 9.83. The van der Waals surface area contributed by atoms with Gasteiger partial charge >= 0.3 is 0 Å². The minimum atomic E-state index is 0.603. The van der Waals surface area contributed by atoms with Crippen molar-refractivity contribution < 1.29 is 0 Å². The molecule has 1 aliphatic heterocycles. The lowest BCUT2D eigenvalue weighted by molar-refractivity contribution is 0.712. The first kappa shape index (κ1) is 12.9. The topological polar surface area (TPSA) is 55.0 Å². The lowest BCUT2D eigenvalue weighted by atomic mass is 10.00. The van der Waals surface area contributed by atoms with E-state index in [1.807, 2.05) is 6.92 Å². The molecule has 0 aliphatic carbocycles. The molecular weight excluding hydrogens is 248 g/mol. The summed E-state index contributed by atoms with van der Waals surface area (Å²) < 4.78 is 0. The molecule has 1 aromatic heterocycles. The lowest BCUT2D eigenvalue weighted by Gasteiger charge is -2.31. The molecule has 20 heavy (non-hydrogen) atoms. The van der Waals surface area contributed by atoms with Crippen LogP contribution in [0.5, 0.6) is 0 Å². The number of fused-ring (bicyclic) bond motifs is 1.